The first-order valence-electron chi connectivity index (χ1n) is 11.8. The first-order chi connectivity index (χ1) is 15.9. The second-order valence-electron chi connectivity index (χ2n) is 10.1. The van der Waals surface area contributed by atoms with Crippen molar-refractivity contribution >= 4 is 18.2 Å². The van der Waals surface area contributed by atoms with Crippen LogP contribution in [0.2, 0.25) is 0 Å². The van der Waals surface area contributed by atoms with E-state index in [0.717, 1.165) is 54.9 Å². The molecule has 2 bridgehead atoms. The Balaban J connectivity index is 1.30. The van der Waals surface area contributed by atoms with Crippen molar-refractivity contribution in [2.75, 3.05) is 26.2 Å². The van der Waals surface area contributed by atoms with E-state index in [2.05, 4.69) is 24.1 Å². The minimum atomic E-state index is -0.347. The summed E-state index contributed by atoms with van der Waals surface area (Å²) in [7, 11) is 0. The molecule has 2 aromatic carbocycles. The van der Waals surface area contributed by atoms with Gasteiger partial charge in [-0.2, -0.15) is 0 Å². The zero-order valence-electron chi connectivity index (χ0n) is 19.2. The van der Waals surface area contributed by atoms with E-state index in [1.54, 1.807) is 12.1 Å². The zero-order chi connectivity index (χ0) is 23.0. The Kier molecular flexibility index (Phi) is 5.87. The molecule has 6 rings (SSSR count). The highest BCUT2D eigenvalue weighted by Gasteiger charge is 2.41. The summed E-state index contributed by atoms with van der Waals surface area (Å²) >= 11 is 0. The number of hydrogen-bond donors (Lipinski definition) is 1. The second kappa shape index (κ2) is 8.82. The van der Waals surface area contributed by atoms with Gasteiger partial charge in [-0.05, 0) is 61.2 Å². The van der Waals surface area contributed by atoms with E-state index in [0.29, 0.717) is 12.5 Å². The van der Waals surface area contributed by atoms with Gasteiger partial charge in [-0.25, -0.2) is 9.18 Å². The van der Waals surface area contributed by atoms with Crippen molar-refractivity contribution in [1.29, 1.82) is 0 Å². The van der Waals surface area contributed by atoms with E-state index in [1.165, 1.54) is 12.1 Å². The van der Waals surface area contributed by atoms with E-state index in [-0.39, 0.29) is 29.5 Å². The maximum Gasteiger partial charge on any atom is 0.407 e. The van der Waals surface area contributed by atoms with E-state index in [1.807, 2.05) is 30.4 Å². The van der Waals surface area contributed by atoms with Crippen LogP contribution in [0.25, 0.3) is 12.2 Å². The molecule has 33 heavy (non-hydrogen) atoms. The zero-order valence-corrected chi connectivity index (χ0v) is 19.2. The van der Waals surface area contributed by atoms with Crippen LogP contribution in [0.4, 0.5) is 9.18 Å². The van der Waals surface area contributed by atoms with Gasteiger partial charge in [-0.3, -0.25) is 4.90 Å². The number of halogens is 1. The van der Waals surface area contributed by atoms with E-state index in [9.17, 15) is 9.18 Å². The molecule has 174 valence electrons. The first-order valence-corrected chi connectivity index (χ1v) is 11.8. The van der Waals surface area contributed by atoms with Crippen molar-refractivity contribution < 1.29 is 18.7 Å². The minimum Gasteiger partial charge on any atom is -0.493 e. The number of benzene rings is 2. The number of carbonyl (C=O) groups excluding carboxylic acids is 1. The largest absolute Gasteiger partial charge is 0.493 e. The number of hydrogen-bond acceptors (Lipinski definition) is 4. The van der Waals surface area contributed by atoms with Gasteiger partial charge >= 0.3 is 6.09 Å². The van der Waals surface area contributed by atoms with Crippen molar-refractivity contribution in [2.24, 2.45) is 11.3 Å². The van der Waals surface area contributed by atoms with E-state index < -0.39 is 0 Å². The van der Waals surface area contributed by atoms with Gasteiger partial charge in [-0.15, -0.1) is 0 Å². The predicted molar refractivity (Wildman–Crippen MR) is 126 cm³/mol. The number of rotatable bonds is 4. The lowest BCUT2D eigenvalue weighted by atomic mass is 9.79. The smallest absolute Gasteiger partial charge is 0.407 e. The fraction of sp³-hybridized carbons (Fsp3) is 0.444. The summed E-state index contributed by atoms with van der Waals surface area (Å²) in [5.74, 6) is 0.998. The molecule has 0 saturated carbocycles. The number of ether oxygens (including phenoxy) is 2. The Hall–Kier alpha value is -2.86. The van der Waals surface area contributed by atoms with Crippen LogP contribution in [-0.4, -0.2) is 43.3 Å². The quantitative estimate of drug-likeness (QED) is 0.645. The van der Waals surface area contributed by atoms with Crippen LogP contribution in [0.15, 0.2) is 42.5 Å². The number of amides is 1. The third-order valence-corrected chi connectivity index (χ3v) is 7.18. The van der Waals surface area contributed by atoms with Gasteiger partial charge in [0.05, 0.1) is 12.6 Å². The molecule has 4 heterocycles. The molecule has 0 aromatic heterocycles. The molecule has 5 nitrogen and oxygen atoms in total. The molecule has 0 radical (unpaired) electrons. The van der Waals surface area contributed by atoms with Crippen LogP contribution < -0.4 is 10.1 Å². The molecule has 1 amide bonds. The number of nitrogens with one attached hydrogen (secondary N) is 1. The lowest BCUT2D eigenvalue weighted by Gasteiger charge is -2.44. The number of piperidine rings is 3. The highest BCUT2D eigenvalue weighted by atomic mass is 19.1. The molecule has 2 atom stereocenters. The molecular formula is C27H31FN2O3. The van der Waals surface area contributed by atoms with Gasteiger partial charge in [0.15, 0.2) is 0 Å². The molecule has 1 unspecified atom stereocenters. The fourth-order valence-electron chi connectivity index (χ4n) is 5.16. The summed E-state index contributed by atoms with van der Waals surface area (Å²) in [5.41, 5.74) is 2.58. The van der Waals surface area contributed by atoms with Crippen LogP contribution in [-0.2, 0) is 4.74 Å². The monoisotopic (exact) mass is 450 g/mol. The molecule has 0 spiro atoms. The Morgan fingerprint density at radius 2 is 1.82 bits per heavy atom. The summed E-state index contributed by atoms with van der Waals surface area (Å²) < 4.78 is 25.1. The van der Waals surface area contributed by atoms with Crippen LogP contribution in [0, 0.1) is 17.2 Å². The van der Waals surface area contributed by atoms with Gasteiger partial charge < -0.3 is 14.8 Å². The van der Waals surface area contributed by atoms with Gasteiger partial charge in [0.1, 0.15) is 17.7 Å². The molecule has 3 saturated heterocycles. The van der Waals surface area contributed by atoms with Gasteiger partial charge in [0.2, 0.25) is 0 Å². The summed E-state index contributed by atoms with van der Waals surface area (Å²) in [4.78, 5) is 15.3. The Morgan fingerprint density at radius 1 is 1.12 bits per heavy atom. The predicted octanol–water partition coefficient (Wildman–Crippen LogP) is 5.28. The molecule has 4 aliphatic rings. The summed E-state index contributed by atoms with van der Waals surface area (Å²) in [6.45, 7) is 7.76. The van der Waals surface area contributed by atoms with Gasteiger partial charge in [-0.1, -0.05) is 50.3 Å². The highest BCUT2D eigenvalue weighted by molar-refractivity contribution is 5.72. The number of nitrogens with zero attached hydrogens (tertiary/aromatic N) is 1. The number of alkyl carbamates (subject to hydrolysis) is 1. The second-order valence-corrected chi connectivity index (χ2v) is 10.1. The van der Waals surface area contributed by atoms with Gasteiger partial charge in [0.25, 0.3) is 0 Å². The van der Waals surface area contributed by atoms with E-state index in [4.69, 9.17) is 9.47 Å². The Labute approximate surface area is 194 Å². The molecule has 2 aromatic rings. The SMILES string of the molecule is CC1(C)COc2cc(/C=C/c3ccc(F)cc3)ccc2C1NC(=O)O[C@H]1CN2CCC1CC2. The van der Waals surface area contributed by atoms with Crippen LogP contribution >= 0.6 is 0 Å². The van der Waals surface area contributed by atoms with Crippen LogP contribution in [0.1, 0.15) is 49.4 Å². The standard InChI is InChI=1S/C27H31FN2O3/c1-27(2)17-32-23-15-19(4-3-18-5-8-21(28)9-6-18)7-10-22(23)25(27)29-26(31)33-24-16-30-13-11-20(24)12-14-30/h3-10,15,20,24-25H,11-14,16-17H2,1-2H3,(H,29,31)/b4-3+/t24-,25?/m0/s1. The Bertz CT molecular complexity index is 1040. The number of carbonyl (C=O) groups is 1. The first kappa shape index (κ1) is 22.0. The molecule has 3 fully saturated rings. The Morgan fingerprint density at radius 3 is 2.52 bits per heavy atom. The molecular weight excluding hydrogens is 419 g/mol. The van der Waals surface area contributed by atoms with Crippen molar-refractivity contribution in [3.05, 3.63) is 65.0 Å². The van der Waals surface area contributed by atoms with E-state index >= 15 is 0 Å². The lowest BCUT2D eigenvalue weighted by molar-refractivity contribution is -0.0361. The highest BCUT2D eigenvalue weighted by Crippen LogP contribution is 2.43. The van der Waals surface area contributed by atoms with Crippen LogP contribution in [0.5, 0.6) is 5.75 Å². The molecule has 1 N–H and O–H groups in total. The third kappa shape index (κ3) is 4.76. The fourth-order valence-corrected chi connectivity index (χ4v) is 5.16. The molecule has 0 aliphatic carbocycles. The number of fused-ring (bicyclic) bond motifs is 4. The van der Waals surface area contributed by atoms with Gasteiger partial charge in [0, 0.05) is 17.5 Å². The summed E-state index contributed by atoms with van der Waals surface area (Å²) in [6.07, 6.45) is 5.76. The van der Waals surface area contributed by atoms with Crippen molar-refractivity contribution in [3.63, 3.8) is 0 Å². The maximum atomic E-state index is 13.1. The summed E-state index contributed by atoms with van der Waals surface area (Å²) in [6, 6.07) is 12.2. The lowest BCUT2D eigenvalue weighted by Crippen LogP contribution is -2.53. The maximum absolute atomic E-state index is 13.1. The average molecular weight is 451 g/mol. The van der Waals surface area contributed by atoms with Crippen molar-refractivity contribution in [2.45, 2.75) is 38.8 Å². The average Bonchev–Trinajstić information content (AvgIpc) is 2.81. The minimum absolute atomic E-state index is 0.0195. The molecule has 6 heteroatoms. The third-order valence-electron chi connectivity index (χ3n) is 7.18. The normalized spacial score (nSPS) is 27.6. The van der Waals surface area contributed by atoms with Crippen molar-refractivity contribution in [1.82, 2.24) is 10.2 Å². The van der Waals surface area contributed by atoms with Crippen molar-refractivity contribution in [3.8, 4) is 5.75 Å². The molecule has 4 aliphatic heterocycles. The summed E-state index contributed by atoms with van der Waals surface area (Å²) in [5, 5.41) is 3.14. The topological polar surface area (TPSA) is 50.8 Å². The van der Waals surface area contributed by atoms with Crippen LogP contribution in [0.3, 0.4) is 0 Å².